The van der Waals surface area contributed by atoms with Crippen molar-refractivity contribution in [1.82, 2.24) is 0 Å². The quantitative estimate of drug-likeness (QED) is 0.0261. The molecular formula is C72H120O6. The summed E-state index contributed by atoms with van der Waals surface area (Å²) in [7, 11) is 0. The van der Waals surface area contributed by atoms with E-state index in [1.807, 2.05) is 0 Å². The molecule has 444 valence electrons. The van der Waals surface area contributed by atoms with Crippen molar-refractivity contribution in [3.63, 3.8) is 0 Å². The van der Waals surface area contributed by atoms with E-state index in [1.54, 1.807) is 0 Å². The van der Waals surface area contributed by atoms with Crippen molar-refractivity contribution in [2.45, 2.75) is 303 Å². The fourth-order valence-corrected chi connectivity index (χ4v) is 8.91. The highest BCUT2D eigenvalue weighted by Gasteiger charge is 2.19. The van der Waals surface area contributed by atoms with E-state index in [0.29, 0.717) is 19.3 Å². The van der Waals surface area contributed by atoms with Gasteiger partial charge < -0.3 is 14.2 Å². The van der Waals surface area contributed by atoms with E-state index >= 15 is 0 Å². The lowest BCUT2D eigenvalue weighted by molar-refractivity contribution is -0.167. The summed E-state index contributed by atoms with van der Waals surface area (Å²) in [6.45, 7) is 6.41. The van der Waals surface area contributed by atoms with E-state index in [9.17, 15) is 14.4 Å². The largest absolute Gasteiger partial charge is 0.462 e. The molecule has 0 spiro atoms. The smallest absolute Gasteiger partial charge is 0.306 e. The Kier molecular flexibility index (Phi) is 61.8. The number of ether oxygens (including phenoxy) is 3. The van der Waals surface area contributed by atoms with Crippen molar-refractivity contribution < 1.29 is 28.6 Å². The normalized spacial score (nSPS) is 12.9. The second kappa shape index (κ2) is 65.3. The van der Waals surface area contributed by atoms with Gasteiger partial charge in [0.15, 0.2) is 6.10 Å². The van der Waals surface area contributed by atoms with Gasteiger partial charge in [-0.05, 0) is 109 Å². The van der Waals surface area contributed by atoms with Gasteiger partial charge in [0.1, 0.15) is 13.2 Å². The molecule has 6 heteroatoms. The second-order valence-electron chi connectivity index (χ2n) is 21.3. The molecule has 1 unspecified atom stereocenters. The number of allylic oxidation sites excluding steroid dienone is 20. The van der Waals surface area contributed by atoms with E-state index in [4.69, 9.17) is 14.2 Å². The second-order valence-corrected chi connectivity index (χ2v) is 21.3. The molecule has 0 aromatic rings. The van der Waals surface area contributed by atoms with Crippen LogP contribution in [0.25, 0.3) is 0 Å². The SMILES string of the molecule is CC/C=C\C/C=C\C/C=C\C/C=C\C/C=C\C/C=C\CCCCCCC(=O)OCC(COC(=O)CCCCCCCCCCCCCCCCCCCC)OC(=O)CCCCCCCC/C=C\C/C=C\C/C=C\C/C=C\CC. The Morgan fingerprint density at radius 2 is 0.500 bits per heavy atom. The van der Waals surface area contributed by atoms with E-state index < -0.39 is 6.10 Å². The molecule has 1 atom stereocenters. The van der Waals surface area contributed by atoms with Gasteiger partial charge in [-0.2, -0.15) is 0 Å². The summed E-state index contributed by atoms with van der Waals surface area (Å²) >= 11 is 0. The zero-order valence-corrected chi connectivity index (χ0v) is 50.9. The molecule has 0 radical (unpaired) electrons. The Hall–Kier alpha value is -4.19. The molecule has 0 rings (SSSR count). The van der Waals surface area contributed by atoms with E-state index in [0.717, 1.165) is 148 Å². The molecule has 0 aromatic heterocycles. The fourth-order valence-electron chi connectivity index (χ4n) is 8.91. The van der Waals surface area contributed by atoms with Crippen LogP contribution in [0.4, 0.5) is 0 Å². The molecule has 0 aromatic carbocycles. The first-order chi connectivity index (χ1) is 38.5. The third kappa shape index (κ3) is 62.7. The van der Waals surface area contributed by atoms with Crippen LogP contribution in [0.2, 0.25) is 0 Å². The third-order valence-electron chi connectivity index (χ3n) is 13.7. The Morgan fingerprint density at radius 1 is 0.269 bits per heavy atom. The van der Waals surface area contributed by atoms with Gasteiger partial charge in [-0.25, -0.2) is 0 Å². The maximum atomic E-state index is 12.9. The summed E-state index contributed by atoms with van der Waals surface area (Å²) < 4.78 is 16.9. The lowest BCUT2D eigenvalue weighted by Gasteiger charge is -2.18. The van der Waals surface area contributed by atoms with Gasteiger partial charge >= 0.3 is 17.9 Å². The van der Waals surface area contributed by atoms with Crippen LogP contribution in [0.1, 0.15) is 297 Å². The van der Waals surface area contributed by atoms with E-state index in [-0.39, 0.29) is 31.1 Å². The summed E-state index contributed by atoms with van der Waals surface area (Å²) in [4.78, 5) is 38.4. The van der Waals surface area contributed by atoms with Gasteiger partial charge in [0.25, 0.3) is 0 Å². The highest BCUT2D eigenvalue weighted by molar-refractivity contribution is 5.71. The average Bonchev–Trinajstić information content (AvgIpc) is 3.44. The molecule has 0 aliphatic carbocycles. The zero-order chi connectivity index (χ0) is 56.4. The van der Waals surface area contributed by atoms with Crippen LogP contribution in [0.5, 0.6) is 0 Å². The zero-order valence-electron chi connectivity index (χ0n) is 50.9. The molecule has 0 aliphatic heterocycles. The molecule has 0 saturated carbocycles. The summed E-state index contributed by atoms with van der Waals surface area (Å²) in [5.74, 6) is -0.924. The van der Waals surface area contributed by atoms with Crippen LogP contribution in [-0.2, 0) is 28.6 Å². The molecule has 6 nitrogen and oxygen atoms in total. The Morgan fingerprint density at radius 3 is 0.782 bits per heavy atom. The number of unbranched alkanes of at least 4 members (excludes halogenated alkanes) is 27. The van der Waals surface area contributed by atoms with Crippen molar-refractivity contribution in [1.29, 1.82) is 0 Å². The highest BCUT2D eigenvalue weighted by atomic mass is 16.6. The number of carbonyl (C=O) groups is 3. The van der Waals surface area contributed by atoms with Crippen LogP contribution in [-0.4, -0.2) is 37.2 Å². The van der Waals surface area contributed by atoms with Crippen molar-refractivity contribution in [2.24, 2.45) is 0 Å². The van der Waals surface area contributed by atoms with Gasteiger partial charge in [-0.15, -0.1) is 0 Å². The number of hydrogen-bond acceptors (Lipinski definition) is 6. The highest BCUT2D eigenvalue weighted by Crippen LogP contribution is 2.16. The first kappa shape index (κ1) is 73.8. The maximum absolute atomic E-state index is 12.9. The summed E-state index contributed by atoms with van der Waals surface area (Å²) in [5, 5.41) is 0. The molecule has 0 saturated heterocycles. The van der Waals surface area contributed by atoms with Crippen molar-refractivity contribution in [3.8, 4) is 0 Å². The standard InChI is InChI=1S/C72H120O6/c1-4-7-10-13-16-19-22-25-28-31-34-35-36-37-39-41-44-47-50-53-56-59-62-65-71(74)77-68-69(67-76-70(73)64-61-58-55-52-49-46-43-40-33-30-27-24-21-18-15-12-9-6-3)78-72(75)66-63-60-57-54-51-48-45-42-38-32-29-26-23-20-17-14-11-8-5-2/h7-8,10-11,16-17,19-20,25-26,28-29,34-35,37-39,42,44,47,69H,4-6,9,12-15,18,21-24,27,30-33,36,40-41,43,45-46,48-68H2,1-3H3/b10-7-,11-8-,19-16-,20-17-,28-25-,29-26-,35-34-,39-37-,42-38-,47-44-. The van der Waals surface area contributed by atoms with Gasteiger partial charge in [0, 0.05) is 19.3 Å². The lowest BCUT2D eigenvalue weighted by atomic mass is 10.0. The number of rotatable bonds is 58. The number of esters is 3. The maximum Gasteiger partial charge on any atom is 0.306 e. The molecular weight excluding hydrogens is 961 g/mol. The topological polar surface area (TPSA) is 78.9 Å². The predicted molar refractivity (Wildman–Crippen MR) is 339 cm³/mol. The van der Waals surface area contributed by atoms with Crippen molar-refractivity contribution in [2.75, 3.05) is 13.2 Å². The van der Waals surface area contributed by atoms with Crippen LogP contribution < -0.4 is 0 Å². The Balaban J connectivity index is 4.46. The predicted octanol–water partition coefficient (Wildman–Crippen LogP) is 22.4. The molecule has 0 aliphatic rings. The van der Waals surface area contributed by atoms with Gasteiger partial charge in [-0.1, -0.05) is 290 Å². The first-order valence-corrected chi connectivity index (χ1v) is 32.5. The Labute approximate surface area is 482 Å². The Bertz CT molecular complexity index is 1620. The lowest BCUT2D eigenvalue weighted by Crippen LogP contribution is -2.30. The van der Waals surface area contributed by atoms with Crippen LogP contribution in [0, 0.1) is 0 Å². The summed E-state index contributed by atoms with van der Waals surface area (Å²) in [5.41, 5.74) is 0. The van der Waals surface area contributed by atoms with Gasteiger partial charge in [0.2, 0.25) is 0 Å². The minimum Gasteiger partial charge on any atom is -0.462 e. The molecule has 0 bridgehead atoms. The third-order valence-corrected chi connectivity index (χ3v) is 13.7. The average molecular weight is 1080 g/mol. The molecule has 78 heavy (non-hydrogen) atoms. The number of carbonyl (C=O) groups excluding carboxylic acids is 3. The summed E-state index contributed by atoms with van der Waals surface area (Å²) in [6.07, 6.45) is 90.5. The number of hydrogen-bond donors (Lipinski definition) is 0. The van der Waals surface area contributed by atoms with E-state index in [2.05, 4.69) is 142 Å². The van der Waals surface area contributed by atoms with Crippen LogP contribution >= 0.6 is 0 Å². The minimum atomic E-state index is -0.800. The van der Waals surface area contributed by atoms with Crippen molar-refractivity contribution >= 4 is 17.9 Å². The monoisotopic (exact) mass is 1080 g/mol. The minimum absolute atomic E-state index is 0.0925. The molecule has 0 N–H and O–H groups in total. The molecule has 0 fully saturated rings. The fraction of sp³-hybridized carbons (Fsp3) is 0.681. The summed E-state index contributed by atoms with van der Waals surface area (Å²) in [6, 6.07) is 0. The van der Waals surface area contributed by atoms with Gasteiger partial charge in [0.05, 0.1) is 0 Å². The molecule has 0 amide bonds. The van der Waals surface area contributed by atoms with Crippen molar-refractivity contribution in [3.05, 3.63) is 122 Å². The van der Waals surface area contributed by atoms with Gasteiger partial charge in [-0.3, -0.25) is 14.4 Å². The van der Waals surface area contributed by atoms with Crippen LogP contribution in [0.15, 0.2) is 122 Å². The van der Waals surface area contributed by atoms with Crippen LogP contribution in [0.3, 0.4) is 0 Å². The first-order valence-electron chi connectivity index (χ1n) is 32.5. The molecule has 0 heterocycles. The van der Waals surface area contributed by atoms with E-state index in [1.165, 1.54) is 109 Å².